The SMILES string of the molecule is O=C1CC(O)CN1c1cc(F)ccc1F. The van der Waals surface area contributed by atoms with E-state index in [2.05, 4.69) is 0 Å². The summed E-state index contributed by atoms with van der Waals surface area (Å²) < 4.78 is 26.1. The average molecular weight is 213 g/mol. The predicted molar refractivity (Wildman–Crippen MR) is 49.3 cm³/mol. The summed E-state index contributed by atoms with van der Waals surface area (Å²) in [6.45, 7) is 0.0131. The fraction of sp³-hybridized carbons (Fsp3) is 0.300. The number of hydrogen-bond acceptors (Lipinski definition) is 2. The van der Waals surface area contributed by atoms with Crippen molar-refractivity contribution in [2.24, 2.45) is 0 Å². The van der Waals surface area contributed by atoms with Crippen LogP contribution in [-0.4, -0.2) is 23.7 Å². The Labute approximate surface area is 84.9 Å². The Morgan fingerprint density at radius 3 is 2.73 bits per heavy atom. The van der Waals surface area contributed by atoms with Crippen molar-refractivity contribution >= 4 is 11.6 Å². The van der Waals surface area contributed by atoms with Crippen LogP contribution in [0.1, 0.15) is 6.42 Å². The van der Waals surface area contributed by atoms with Gasteiger partial charge in [-0.2, -0.15) is 0 Å². The molecule has 1 N–H and O–H groups in total. The van der Waals surface area contributed by atoms with E-state index in [1.54, 1.807) is 0 Å². The molecule has 1 atom stereocenters. The molecule has 0 bridgehead atoms. The third-order valence-corrected chi connectivity index (χ3v) is 2.30. The molecule has 0 aliphatic carbocycles. The van der Waals surface area contributed by atoms with E-state index in [-0.39, 0.29) is 18.7 Å². The van der Waals surface area contributed by atoms with E-state index >= 15 is 0 Å². The molecule has 1 aromatic carbocycles. The lowest BCUT2D eigenvalue weighted by molar-refractivity contribution is -0.117. The van der Waals surface area contributed by atoms with Crippen molar-refractivity contribution in [3.63, 3.8) is 0 Å². The molecule has 15 heavy (non-hydrogen) atoms. The number of rotatable bonds is 1. The Morgan fingerprint density at radius 2 is 2.13 bits per heavy atom. The lowest BCUT2D eigenvalue weighted by atomic mass is 10.2. The normalized spacial score (nSPS) is 21.1. The number of benzene rings is 1. The first-order valence-electron chi connectivity index (χ1n) is 4.51. The standard InChI is InChI=1S/C10H9F2NO2/c11-6-1-2-8(12)9(3-6)13-5-7(14)4-10(13)15/h1-3,7,14H,4-5H2. The van der Waals surface area contributed by atoms with Crippen molar-refractivity contribution in [2.45, 2.75) is 12.5 Å². The van der Waals surface area contributed by atoms with Gasteiger partial charge >= 0.3 is 0 Å². The third kappa shape index (κ3) is 1.83. The summed E-state index contributed by atoms with van der Waals surface area (Å²) in [5, 5.41) is 9.21. The largest absolute Gasteiger partial charge is 0.391 e. The van der Waals surface area contributed by atoms with Gasteiger partial charge in [-0.15, -0.1) is 0 Å². The number of aliphatic hydroxyl groups excluding tert-OH is 1. The fourth-order valence-electron chi connectivity index (χ4n) is 1.61. The first-order valence-corrected chi connectivity index (χ1v) is 4.51. The Balaban J connectivity index is 2.37. The molecule has 1 fully saturated rings. The summed E-state index contributed by atoms with van der Waals surface area (Å²) >= 11 is 0. The molecule has 1 amide bonds. The Morgan fingerprint density at radius 1 is 1.40 bits per heavy atom. The Kier molecular flexibility index (Phi) is 2.40. The molecule has 5 heteroatoms. The second kappa shape index (κ2) is 3.58. The molecule has 0 aromatic heterocycles. The van der Waals surface area contributed by atoms with Gasteiger partial charge in [0, 0.05) is 6.07 Å². The maximum absolute atomic E-state index is 13.3. The van der Waals surface area contributed by atoms with E-state index in [4.69, 9.17) is 0 Å². The van der Waals surface area contributed by atoms with Gasteiger partial charge < -0.3 is 10.0 Å². The molecule has 1 aliphatic heterocycles. The fourth-order valence-corrected chi connectivity index (χ4v) is 1.61. The van der Waals surface area contributed by atoms with E-state index < -0.39 is 23.6 Å². The minimum Gasteiger partial charge on any atom is -0.391 e. The van der Waals surface area contributed by atoms with Crippen LogP contribution in [0.2, 0.25) is 0 Å². The topological polar surface area (TPSA) is 40.5 Å². The number of nitrogens with zero attached hydrogens (tertiary/aromatic N) is 1. The van der Waals surface area contributed by atoms with Crippen LogP contribution in [0.25, 0.3) is 0 Å². The first-order chi connectivity index (χ1) is 7.08. The molecular weight excluding hydrogens is 204 g/mol. The highest BCUT2D eigenvalue weighted by Crippen LogP contribution is 2.25. The van der Waals surface area contributed by atoms with Crippen LogP contribution >= 0.6 is 0 Å². The van der Waals surface area contributed by atoms with Crippen LogP contribution < -0.4 is 4.90 Å². The summed E-state index contributed by atoms with van der Waals surface area (Å²) in [6, 6.07) is 2.89. The Hall–Kier alpha value is -1.49. The zero-order valence-electron chi connectivity index (χ0n) is 7.78. The van der Waals surface area contributed by atoms with Crippen molar-refractivity contribution in [1.82, 2.24) is 0 Å². The van der Waals surface area contributed by atoms with Crippen LogP contribution in [0.3, 0.4) is 0 Å². The highest BCUT2D eigenvalue weighted by atomic mass is 19.1. The average Bonchev–Trinajstić information content (AvgIpc) is 2.50. The highest BCUT2D eigenvalue weighted by Gasteiger charge is 2.30. The quantitative estimate of drug-likeness (QED) is 0.757. The summed E-state index contributed by atoms with van der Waals surface area (Å²) in [7, 11) is 0. The van der Waals surface area contributed by atoms with Gasteiger partial charge in [0.2, 0.25) is 5.91 Å². The van der Waals surface area contributed by atoms with Crippen LogP contribution in [0.5, 0.6) is 0 Å². The number of halogens is 2. The van der Waals surface area contributed by atoms with Crippen LogP contribution in [0.15, 0.2) is 18.2 Å². The zero-order valence-corrected chi connectivity index (χ0v) is 7.78. The number of carbonyl (C=O) groups excluding carboxylic acids is 1. The maximum Gasteiger partial charge on any atom is 0.229 e. The lowest BCUT2D eigenvalue weighted by Gasteiger charge is -2.16. The van der Waals surface area contributed by atoms with Gasteiger partial charge in [-0.05, 0) is 12.1 Å². The van der Waals surface area contributed by atoms with Crippen molar-refractivity contribution in [3.8, 4) is 0 Å². The van der Waals surface area contributed by atoms with Crippen molar-refractivity contribution in [3.05, 3.63) is 29.8 Å². The molecule has 3 nitrogen and oxygen atoms in total. The van der Waals surface area contributed by atoms with Gasteiger partial charge in [-0.1, -0.05) is 0 Å². The molecule has 1 heterocycles. The van der Waals surface area contributed by atoms with E-state index in [9.17, 15) is 18.7 Å². The van der Waals surface area contributed by atoms with Crippen LogP contribution in [0.4, 0.5) is 14.5 Å². The number of carbonyl (C=O) groups is 1. The minimum atomic E-state index is -0.805. The zero-order chi connectivity index (χ0) is 11.0. The summed E-state index contributed by atoms with van der Waals surface area (Å²) in [4.78, 5) is 12.4. The highest BCUT2D eigenvalue weighted by molar-refractivity contribution is 5.96. The molecule has 1 unspecified atom stereocenters. The van der Waals surface area contributed by atoms with E-state index in [0.29, 0.717) is 0 Å². The number of aliphatic hydroxyl groups is 1. The smallest absolute Gasteiger partial charge is 0.229 e. The summed E-state index contributed by atoms with van der Waals surface area (Å²) in [6.07, 6.45) is -0.851. The minimum absolute atomic E-state index is 0.0131. The second-order valence-electron chi connectivity index (χ2n) is 3.46. The lowest BCUT2D eigenvalue weighted by Crippen LogP contribution is -2.26. The Bertz CT molecular complexity index is 408. The van der Waals surface area contributed by atoms with Gasteiger partial charge in [0.25, 0.3) is 0 Å². The van der Waals surface area contributed by atoms with Gasteiger partial charge in [-0.3, -0.25) is 4.79 Å². The number of β-amino-alcohol motifs (C(OH)–C–C–N with tert-alkyl or cyclic N) is 1. The summed E-state index contributed by atoms with van der Waals surface area (Å²) in [5.74, 6) is -1.67. The van der Waals surface area contributed by atoms with Crippen molar-refractivity contribution in [1.29, 1.82) is 0 Å². The maximum atomic E-state index is 13.3. The third-order valence-electron chi connectivity index (χ3n) is 2.30. The van der Waals surface area contributed by atoms with Crippen LogP contribution in [-0.2, 0) is 4.79 Å². The van der Waals surface area contributed by atoms with E-state index in [0.717, 1.165) is 23.1 Å². The molecule has 0 spiro atoms. The van der Waals surface area contributed by atoms with Gasteiger partial charge in [-0.25, -0.2) is 8.78 Å². The van der Waals surface area contributed by atoms with Crippen molar-refractivity contribution in [2.75, 3.05) is 11.4 Å². The molecule has 1 saturated heterocycles. The predicted octanol–water partition coefficient (Wildman–Crippen LogP) is 1.06. The molecule has 0 radical (unpaired) electrons. The van der Waals surface area contributed by atoms with Crippen molar-refractivity contribution < 1.29 is 18.7 Å². The monoisotopic (exact) mass is 213 g/mol. The molecule has 1 aliphatic rings. The van der Waals surface area contributed by atoms with E-state index in [1.165, 1.54) is 0 Å². The van der Waals surface area contributed by atoms with Gasteiger partial charge in [0.05, 0.1) is 24.8 Å². The second-order valence-corrected chi connectivity index (χ2v) is 3.46. The molecular formula is C10H9F2NO2. The van der Waals surface area contributed by atoms with Gasteiger partial charge in [0.1, 0.15) is 11.6 Å². The summed E-state index contributed by atoms with van der Waals surface area (Å²) in [5.41, 5.74) is -0.114. The van der Waals surface area contributed by atoms with Gasteiger partial charge in [0.15, 0.2) is 0 Å². The van der Waals surface area contributed by atoms with E-state index in [1.807, 2.05) is 0 Å². The molecule has 2 rings (SSSR count). The van der Waals surface area contributed by atoms with Crippen LogP contribution in [0, 0.1) is 11.6 Å². The molecule has 0 saturated carbocycles. The molecule has 1 aromatic rings. The molecule has 80 valence electrons. The number of anilines is 1. The number of hydrogen-bond donors (Lipinski definition) is 1. The first kappa shape index (κ1) is 10.0. The number of amides is 1.